The van der Waals surface area contributed by atoms with E-state index < -0.39 is 47.2 Å². The van der Waals surface area contributed by atoms with E-state index in [-0.39, 0.29) is 35.4 Å². The van der Waals surface area contributed by atoms with Gasteiger partial charge in [-0.15, -0.1) is 0 Å². The molecule has 1 saturated heterocycles. The predicted octanol–water partition coefficient (Wildman–Crippen LogP) is 3.62. The number of hydrogen-bond acceptors (Lipinski definition) is 9. The molecule has 5 rings (SSSR count). The Labute approximate surface area is 257 Å². The van der Waals surface area contributed by atoms with Crippen molar-refractivity contribution in [3.05, 3.63) is 11.6 Å². The molecule has 3 saturated carbocycles. The quantitative estimate of drug-likeness (QED) is 0.188. The molecule has 0 aromatic carbocycles. The second-order valence-electron chi connectivity index (χ2n) is 15.4. The van der Waals surface area contributed by atoms with E-state index in [1.54, 1.807) is 0 Å². The summed E-state index contributed by atoms with van der Waals surface area (Å²) in [4.78, 5) is 0. The molecule has 1 heterocycles. The monoisotopic (exact) mass is 630 g/mol. The molecule has 10 nitrogen and oxygen atoms in total. The molecule has 43 heavy (non-hydrogen) atoms. The molecule has 14 unspecified atom stereocenters. The van der Waals surface area contributed by atoms with Gasteiger partial charge in [0.15, 0.2) is 6.29 Å². The fraction of sp³-hybridized carbons (Fsp3) is 0.938. The van der Waals surface area contributed by atoms with Crippen molar-refractivity contribution in [3.8, 4) is 0 Å². The minimum Gasteiger partial charge on any atom is -0.393 e. The Bertz CT molecular complexity index is 1130. The van der Waals surface area contributed by atoms with Gasteiger partial charge in [-0.25, -0.2) is 4.18 Å². The number of hydrogen-bond donors (Lipinski definition) is 5. The highest BCUT2D eigenvalue weighted by Crippen LogP contribution is 2.68. The summed E-state index contributed by atoms with van der Waals surface area (Å²) in [5, 5.41) is 41.9. The zero-order chi connectivity index (χ0) is 31.5. The summed E-state index contributed by atoms with van der Waals surface area (Å²) in [6.45, 7) is 11.1. The van der Waals surface area contributed by atoms with Crippen molar-refractivity contribution in [3.63, 3.8) is 0 Å². The van der Waals surface area contributed by atoms with Crippen LogP contribution in [0.4, 0.5) is 0 Å². The number of ether oxygens (including phenoxy) is 2. The van der Waals surface area contributed by atoms with E-state index >= 15 is 0 Å². The van der Waals surface area contributed by atoms with E-state index in [4.69, 9.17) is 13.7 Å². The van der Waals surface area contributed by atoms with Gasteiger partial charge in [-0.3, -0.25) is 4.55 Å². The van der Waals surface area contributed by atoms with E-state index in [1.807, 2.05) is 0 Å². The summed E-state index contributed by atoms with van der Waals surface area (Å²) in [6.07, 6.45) is 2.87. The first-order valence-corrected chi connectivity index (χ1v) is 17.8. The van der Waals surface area contributed by atoms with Crippen LogP contribution in [-0.2, 0) is 24.1 Å². The lowest BCUT2D eigenvalue weighted by molar-refractivity contribution is -0.289. The van der Waals surface area contributed by atoms with Crippen molar-refractivity contribution in [2.75, 3.05) is 6.61 Å². The second-order valence-corrected chi connectivity index (χ2v) is 16.4. The molecule has 14 atom stereocenters. The van der Waals surface area contributed by atoms with Crippen molar-refractivity contribution in [1.82, 2.24) is 0 Å². The largest absolute Gasteiger partial charge is 0.397 e. The van der Waals surface area contributed by atoms with E-state index in [0.717, 1.165) is 50.5 Å². The Morgan fingerprint density at radius 3 is 2.40 bits per heavy atom. The third-order valence-electron chi connectivity index (χ3n) is 12.2. The summed E-state index contributed by atoms with van der Waals surface area (Å²) in [6, 6.07) is 0. The third kappa shape index (κ3) is 6.63. The molecule has 0 radical (unpaired) electrons. The summed E-state index contributed by atoms with van der Waals surface area (Å²) in [7, 11) is -4.59. The van der Waals surface area contributed by atoms with Gasteiger partial charge in [0, 0.05) is 0 Å². The predicted molar refractivity (Wildman–Crippen MR) is 159 cm³/mol. The fourth-order valence-electron chi connectivity index (χ4n) is 10.2. The normalized spacial score (nSPS) is 46.4. The van der Waals surface area contributed by atoms with Gasteiger partial charge < -0.3 is 29.9 Å². The molecule has 0 aromatic rings. The minimum atomic E-state index is -4.59. The minimum absolute atomic E-state index is 0.0501. The zero-order valence-corrected chi connectivity index (χ0v) is 27.2. The van der Waals surface area contributed by atoms with Crippen LogP contribution in [0.3, 0.4) is 0 Å². The van der Waals surface area contributed by atoms with Gasteiger partial charge in [0.25, 0.3) is 0 Å². The van der Waals surface area contributed by atoms with Crippen LogP contribution >= 0.6 is 0 Å². The van der Waals surface area contributed by atoms with Gasteiger partial charge in [-0.2, -0.15) is 8.42 Å². The van der Waals surface area contributed by atoms with Gasteiger partial charge >= 0.3 is 10.4 Å². The molecular weight excluding hydrogens is 576 g/mol. The van der Waals surface area contributed by atoms with Crippen LogP contribution in [0.1, 0.15) is 92.4 Å². The van der Waals surface area contributed by atoms with Gasteiger partial charge in [-0.05, 0) is 104 Å². The average Bonchev–Trinajstić information content (AvgIpc) is 3.25. The van der Waals surface area contributed by atoms with Gasteiger partial charge in [-0.1, -0.05) is 46.3 Å². The van der Waals surface area contributed by atoms with Crippen LogP contribution in [0.2, 0.25) is 0 Å². The first-order chi connectivity index (χ1) is 20.0. The Hall–Kier alpha value is -0.630. The van der Waals surface area contributed by atoms with Crippen molar-refractivity contribution in [2.45, 2.75) is 135 Å². The molecule has 0 aromatic heterocycles. The molecular formula is C32H54O10S. The second kappa shape index (κ2) is 12.5. The zero-order valence-electron chi connectivity index (χ0n) is 26.3. The first-order valence-electron chi connectivity index (χ1n) is 16.4. The van der Waals surface area contributed by atoms with E-state index in [2.05, 4.69) is 40.7 Å². The van der Waals surface area contributed by atoms with Crippen LogP contribution in [0.5, 0.6) is 0 Å². The highest BCUT2D eigenvalue weighted by Gasteiger charge is 2.62. The topological polar surface area (TPSA) is 163 Å². The first kappa shape index (κ1) is 33.7. The standard InChI is InChI=1S/C32H54O10S/c1-17(2)12-20(33)13-18(3)22-6-7-23-27-24(9-11-32(22,23)5)31(4)10-8-21(42-43(37,38)39)14-19(31)15-26(27)41-30-29(36)28(35)25(34)16-40-30/h15,17-18,20-30,33-36H,6-14,16H2,1-5H3,(H,37,38,39). The highest BCUT2D eigenvalue weighted by molar-refractivity contribution is 7.80. The van der Waals surface area contributed by atoms with Crippen LogP contribution in [0.25, 0.3) is 0 Å². The van der Waals surface area contributed by atoms with E-state index in [9.17, 15) is 33.4 Å². The maximum atomic E-state index is 11.5. The van der Waals surface area contributed by atoms with Crippen molar-refractivity contribution in [2.24, 2.45) is 46.3 Å². The lowest BCUT2D eigenvalue weighted by atomic mass is 9.46. The molecule has 0 bridgehead atoms. The molecule has 0 spiro atoms. The number of rotatable bonds is 9. The Kier molecular flexibility index (Phi) is 9.82. The molecule has 11 heteroatoms. The summed E-state index contributed by atoms with van der Waals surface area (Å²) >= 11 is 0. The van der Waals surface area contributed by atoms with Crippen LogP contribution in [0, 0.1) is 46.3 Å². The van der Waals surface area contributed by atoms with Gasteiger partial charge in [0.2, 0.25) is 0 Å². The Morgan fingerprint density at radius 1 is 1.00 bits per heavy atom. The highest BCUT2D eigenvalue weighted by atomic mass is 32.3. The molecule has 5 N–H and O–H groups in total. The maximum Gasteiger partial charge on any atom is 0.397 e. The Balaban J connectivity index is 1.45. The molecule has 1 aliphatic heterocycles. The Morgan fingerprint density at radius 2 is 1.72 bits per heavy atom. The number of aliphatic hydroxyl groups is 4. The molecule has 5 aliphatic rings. The number of fused-ring (bicyclic) bond motifs is 5. The average molecular weight is 631 g/mol. The van der Waals surface area contributed by atoms with Crippen LogP contribution in [-0.4, -0.2) is 82.9 Å². The molecule has 248 valence electrons. The lowest BCUT2D eigenvalue weighted by Gasteiger charge is -2.60. The number of aliphatic hydroxyl groups excluding tert-OH is 4. The van der Waals surface area contributed by atoms with Crippen molar-refractivity contribution < 1.29 is 47.1 Å². The van der Waals surface area contributed by atoms with Gasteiger partial charge in [0.1, 0.15) is 18.3 Å². The fourth-order valence-corrected chi connectivity index (χ4v) is 10.7. The van der Waals surface area contributed by atoms with Gasteiger partial charge in [0.05, 0.1) is 24.9 Å². The van der Waals surface area contributed by atoms with E-state index in [0.29, 0.717) is 36.5 Å². The van der Waals surface area contributed by atoms with Crippen LogP contribution < -0.4 is 0 Å². The molecule has 4 aliphatic carbocycles. The summed E-state index contributed by atoms with van der Waals surface area (Å²) < 4.78 is 49.7. The van der Waals surface area contributed by atoms with Crippen LogP contribution in [0.15, 0.2) is 11.6 Å². The van der Waals surface area contributed by atoms with Crippen molar-refractivity contribution in [1.29, 1.82) is 0 Å². The molecule has 0 amide bonds. The lowest BCUT2D eigenvalue weighted by Crippen LogP contribution is -2.59. The molecule has 4 fully saturated rings. The third-order valence-corrected chi connectivity index (χ3v) is 12.7. The SMILES string of the molecule is CC(C)CC(O)CC(C)C1CCC2C3C(OC4OCC(O)C(O)C4O)C=C4CC(OS(=O)(=O)O)CCC4(C)C3CCC12C. The summed E-state index contributed by atoms with van der Waals surface area (Å²) in [5.74, 6) is 1.98. The smallest absolute Gasteiger partial charge is 0.393 e. The maximum absolute atomic E-state index is 11.5. The van der Waals surface area contributed by atoms with E-state index in [1.165, 1.54) is 0 Å². The summed E-state index contributed by atoms with van der Waals surface area (Å²) in [5.41, 5.74) is 0.894. The van der Waals surface area contributed by atoms with Crippen molar-refractivity contribution >= 4 is 10.4 Å².